The van der Waals surface area contributed by atoms with Crippen LogP contribution in [0.3, 0.4) is 0 Å². The maximum Gasteiger partial charge on any atom is 0.225 e. The summed E-state index contributed by atoms with van der Waals surface area (Å²) in [5.74, 6) is 0.824. The number of rotatable bonds is 4. The summed E-state index contributed by atoms with van der Waals surface area (Å²) in [7, 11) is -1.00. The zero-order chi connectivity index (χ0) is 17.3. The first-order valence-electron chi connectivity index (χ1n) is 8.44. The van der Waals surface area contributed by atoms with Gasteiger partial charge in [-0.15, -0.1) is 11.3 Å². The van der Waals surface area contributed by atoms with Crippen LogP contribution in [0.4, 0.5) is 0 Å². The minimum absolute atomic E-state index is 0.0454. The SMILES string of the molecule is Cc1nc(CN(C)C(=O)C2CCN([C@@H]3CCS(=O)(=O)C3)CC2)cs1. The third kappa shape index (κ3) is 4.15. The topological polar surface area (TPSA) is 70.6 Å². The second kappa shape index (κ2) is 7.09. The lowest BCUT2D eigenvalue weighted by Gasteiger charge is -2.36. The molecular weight excluding hydrogens is 346 g/mol. The third-order valence-corrected chi connectivity index (χ3v) is 7.62. The molecule has 3 rings (SSSR count). The predicted molar refractivity (Wildman–Crippen MR) is 94.7 cm³/mol. The first-order chi connectivity index (χ1) is 11.3. The van der Waals surface area contributed by atoms with Crippen LogP contribution in [0, 0.1) is 12.8 Å². The van der Waals surface area contributed by atoms with Crippen LogP contribution in [0.25, 0.3) is 0 Å². The van der Waals surface area contributed by atoms with Gasteiger partial charge in [-0.1, -0.05) is 0 Å². The molecule has 134 valence electrons. The zero-order valence-electron chi connectivity index (χ0n) is 14.3. The molecule has 0 aliphatic carbocycles. The molecule has 0 spiro atoms. The van der Waals surface area contributed by atoms with Crippen LogP contribution in [0.15, 0.2) is 5.38 Å². The van der Waals surface area contributed by atoms with Gasteiger partial charge in [0.25, 0.3) is 0 Å². The molecule has 1 atom stereocenters. The Kier molecular flexibility index (Phi) is 5.27. The van der Waals surface area contributed by atoms with E-state index in [2.05, 4.69) is 9.88 Å². The number of thiazole rings is 1. The quantitative estimate of drug-likeness (QED) is 0.798. The molecule has 1 amide bonds. The average molecular weight is 372 g/mol. The number of aryl methyl sites for hydroxylation is 1. The van der Waals surface area contributed by atoms with Gasteiger partial charge in [-0.25, -0.2) is 13.4 Å². The van der Waals surface area contributed by atoms with Gasteiger partial charge in [0.05, 0.1) is 28.8 Å². The van der Waals surface area contributed by atoms with E-state index in [4.69, 9.17) is 0 Å². The van der Waals surface area contributed by atoms with Gasteiger partial charge >= 0.3 is 0 Å². The summed E-state index contributed by atoms with van der Waals surface area (Å²) in [5, 5.41) is 3.02. The fraction of sp³-hybridized carbons (Fsp3) is 0.750. The maximum atomic E-state index is 12.6. The van der Waals surface area contributed by atoms with E-state index in [1.54, 1.807) is 16.2 Å². The van der Waals surface area contributed by atoms with Crippen molar-refractivity contribution in [1.29, 1.82) is 0 Å². The van der Waals surface area contributed by atoms with E-state index in [-0.39, 0.29) is 23.6 Å². The van der Waals surface area contributed by atoms with Crippen LogP contribution in [-0.2, 0) is 21.2 Å². The summed E-state index contributed by atoms with van der Waals surface area (Å²) in [6, 6.07) is 0.154. The first-order valence-corrected chi connectivity index (χ1v) is 11.1. The number of piperidine rings is 1. The molecule has 8 heteroatoms. The molecule has 0 saturated carbocycles. The van der Waals surface area contributed by atoms with Gasteiger partial charge in [0, 0.05) is 24.4 Å². The van der Waals surface area contributed by atoms with E-state index >= 15 is 0 Å². The molecule has 2 fully saturated rings. The lowest BCUT2D eigenvalue weighted by Crippen LogP contribution is -2.45. The first kappa shape index (κ1) is 17.8. The van der Waals surface area contributed by atoms with Gasteiger partial charge in [0.2, 0.25) is 5.91 Å². The standard InChI is InChI=1S/C16H25N3O3S2/c1-12-17-14(10-23-12)9-18(2)16(20)13-3-6-19(7-4-13)15-5-8-24(21,22)11-15/h10,13,15H,3-9,11H2,1-2H3/t15-/m1/s1. The Morgan fingerprint density at radius 3 is 2.62 bits per heavy atom. The summed E-state index contributed by atoms with van der Waals surface area (Å²) in [6.07, 6.45) is 2.37. The lowest BCUT2D eigenvalue weighted by molar-refractivity contribution is -0.136. The summed E-state index contributed by atoms with van der Waals surface area (Å²) < 4.78 is 23.3. The van der Waals surface area contributed by atoms with Crippen LogP contribution in [0.5, 0.6) is 0 Å². The Morgan fingerprint density at radius 2 is 2.08 bits per heavy atom. The number of hydrogen-bond donors (Lipinski definition) is 0. The molecule has 1 aromatic rings. The number of aromatic nitrogens is 1. The van der Waals surface area contributed by atoms with Gasteiger partial charge in [0.1, 0.15) is 0 Å². The Bertz CT molecular complexity index is 693. The summed E-state index contributed by atoms with van der Waals surface area (Å²) in [4.78, 5) is 21.1. The predicted octanol–water partition coefficient (Wildman–Crippen LogP) is 1.31. The number of carbonyl (C=O) groups is 1. The minimum Gasteiger partial charge on any atom is -0.340 e. The van der Waals surface area contributed by atoms with Gasteiger partial charge in [-0.3, -0.25) is 9.69 Å². The molecular formula is C16H25N3O3S2. The van der Waals surface area contributed by atoms with E-state index in [9.17, 15) is 13.2 Å². The zero-order valence-corrected chi connectivity index (χ0v) is 15.9. The molecule has 3 heterocycles. The lowest BCUT2D eigenvalue weighted by atomic mass is 9.94. The Hall–Kier alpha value is -0.990. The number of sulfone groups is 1. The fourth-order valence-corrected chi connectivity index (χ4v) is 6.05. The third-order valence-electron chi connectivity index (χ3n) is 5.05. The van der Waals surface area contributed by atoms with Crippen LogP contribution >= 0.6 is 11.3 Å². The molecule has 2 saturated heterocycles. The number of amides is 1. The molecule has 24 heavy (non-hydrogen) atoms. The summed E-state index contributed by atoms with van der Waals surface area (Å²) in [6.45, 7) is 4.17. The van der Waals surface area contributed by atoms with E-state index in [0.29, 0.717) is 12.3 Å². The second-order valence-electron chi connectivity index (χ2n) is 6.92. The van der Waals surface area contributed by atoms with Crippen molar-refractivity contribution >= 4 is 27.1 Å². The van der Waals surface area contributed by atoms with Crippen molar-refractivity contribution in [2.24, 2.45) is 5.92 Å². The largest absolute Gasteiger partial charge is 0.340 e. The second-order valence-corrected chi connectivity index (χ2v) is 10.2. The Balaban J connectivity index is 1.49. The highest BCUT2D eigenvalue weighted by molar-refractivity contribution is 7.91. The summed E-state index contributed by atoms with van der Waals surface area (Å²) >= 11 is 1.60. The van der Waals surface area contributed by atoms with Crippen LogP contribution < -0.4 is 0 Å². The number of carbonyl (C=O) groups excluding carboxylic acids is 1. The Morgan fingerprint density at radius 1 is 1.38 bits per heavy atom. The van der Waals surface area contributed by atoms with Crippen molar-refractivity contribution < 1.29 is 13.2 Å². The Labute approximate surface area is 147 Å². The van der Waals surface area contributed by atoms with Gasteiger partial charge < -0.3 is 4.90 Å². The molecule has 2 aliphatic heterocycles. The van der Waals surface area contributed by atoms with Crippen molar-refractivity contribution in [3.8, 4) is 0 Å². The number of hydrogen-bond acceptors (Lipinski definition) is 6. The highest BCUT2D eigenvalue weighted by atomic mass is 32.2. The van der Waals surface area contributed by atoms with Gasteiger partial charge in [-0.2, -0.15) is 0 Å². The minimum atomic E-state index is -2.84. The molecule has 0 N–H and O–H groups in total. The van der Waals surface area contributed by atoms with Crippen molar-refractivity contribution in [2.45, 2.75) is 38.8 Å². The maximum absolute atomic E-state index is 12.6. The monoisotopic (exact) mass is 371 g/mol. The summed E-state index contributed by atoms with van der Waals surface area (Å²) in [5.41, 5.74) is 0.946. The van der Waals surface area contributed by atoms with Crippen LogP contribution in [0.2, 0.25) is 0 Å². The highest BCUT2D eigenvalue weighted by Crippen LogP contribution is 2.25. The smallest absolute Gasteiger partial charge is 0.225 e. The molecule has 0 radical (unpaired) electrons. The molecule has 0 bridgehead atoms. The van der Waals surface area contributed by atoms with E-state index in [1.165, 1.54) is 0 Å². The molecule has 6 nitrogen and oxygen atoms in total. The van der Waals surface area contributed by atoms with Crippen molar-refractivity contribution in [1.82, 2.24) is 14.8 Å². The van der Waals surface area contributed by atoms with E-state index in [0.717, 1.165) is 43.1 Å². The molecule has 1 aromatic heterocycles. The fourth-order valence-electron chi connectivity index (χ4n) is 3.69. The van der Waals surface area contributed by atoms with Crippen LogP contribution in [0.1, 0.15) is 30.0 Å². The molecule has 2 aliphatic rings. The van der Waals surface area contributed by atoms with Gasteiger partial charge in [-0.05, 0) is 39.3 Å². The highest BCUT2D eigenvalue weighted by Gasteiger charge is 2.35. The van der Waals surface area contributed by atoms with Crippen LogP contribution in [-0.4, -0.2) is 66.8 Å². The molecule has 0 unspecified atom stereocenters. The number of likely N-dealkylation sites (tertiary alicyclic amines) is 1. The van der Waals surface area contributed by atoms with Crippen molar-refractivity contribution in [3.05, 3.63) is 16.1 Å². The van der Waals surface area contributed by atoms with Crippen molar-refractivity contribution in [3.63, 3.8) is 0 Å². The van der Waals surface area contributed by atoms with E-state index in [1.807, 2.05) is 19.4 Å². The average Bonchev–Trinajstić information content (AvgIpc) is 3.12. The number of nitrogens with zero attached hydrogens (tertiary/aromatic N) is 3. The molecule has 0 aromatic carbocycles. The van der Waals surface area contributed by atoms with Gasteiger partial charge in [0.15, 0.2) is 9.84 Å². The van der Waals surface area contributed by atoms with E-state index < -0.39 is 9.84 Å². The normalized spacial score (nSPS) is 25.0. The van der Waals surface area contributed by atoms with Crippen molar-refractivity contribution in [2.75, 3.05) is 31.6 Å².